The Morgan fingerprint density at radius 3 is 1.58 bits per heavy atom. The highest BCUT2D eigenvalue weighted by atomic mass is 79.9. The first kappa shape index (κ1) is 21.3. The number of carbonyl (C=O) groups is 1. The van der Waals surface area contributed by atoms with E-state index in [1.54, 1.807) is 0 Å². The van der Waals surface area contributed by atoms with E-state index in [2.05, 4.69) is 6.92 Å². The molecule has 0 rings (SSSR count). The molecule has 0 bridgehead atoms. The van der Waals surface area contributed by atoms with Gasteiger partial charge in [-0.05, 0) is 13.3 Å². The fraction of sp³-hybridized carbons (Fsp3) is 0.938. The molecule has 0 unspecified atom stereocenters. The molecule has 0 aromatic heterocycles. The summed E-state index contributed by atoms with van der Waals surface area (Å²) in [7, 11) is 0. The lowest BCUT2D eigenvalue weighted by Gasteiger charge is -2.03. The molecule has 0 aliphatic heterocycles. The molecule has 0 aliphatic carbocycles. The van der Waals surface area contributed by atoms with Crippen molar-refractivity contribution in [2.45, 2.75) is 90.9 Å². The smallest absolute Gasteiger partial charge is 0.305 e. The number of hydrogen-bond acceptors (Lipinski definition) is 2. The van der Waals surface area contributed by atoms with E-state index in [4.69, 9.17) is 4.74 Å². The van der Waals surface area contributed by atoms with Crippen LogP contribution in [0.2, 0.25) is 0 Å². The first-order valence-corrected chi connectivity index (χ1v) is 7.96. The standard InChI is InChI=1S/C16H32O2.BrH/c1-3-5-6-7-8-9-10-11-12-13-14-15-16(17)18-4-2;/h3-15H2,1-2H3;1H. The van der Waals surface area contributed by atoms with Crippen molar-refractivity contribution in [2.75, 3.05) is 6.61 Å². The minimum Gasteiger partial charge on any atom is -0.466 e. The van der Waals surface area contributed by atoms with E-state index in [0.717, 1.165) is 6.42 Å². The van der Waals surface area contributed by atoms with Gasteiger partial charge < -0.3 is 4.74 Å². The number of rotatable bonds is 13. The van der Waals surface area contributed by atoms with Crippen LogP contribution in [0.15, 0.2) is 0 Å². The Hall–Kier alpha value is -0.0500. The Bertz CT molecular complexity index is 184. The average molecular weight is 337 g/mol. The number of ether oxygens (including phenoxy) is 1. The van der Waals surface area contributed by atoms with Crippen LogP contribution in [0.4, 0.5) is 0 Å². The van der Waals surface area contributed by atoms with E-state index in [1.165, 1.54) is 64.2 Å². The molecule has 116 valence electrons. The van der Waals surface area contributed by atoms with E-state index in [0.29, 0.717) is 13.0 Å². The second-order valence-corrected chi connectivity index (χ2v) is 5.09. The average Bonchev–Trinajstić information content (AvgIpc) is 2.36. The molecule has 0 spiro atoms. The van der Waals surface area contributed by atoms with E-state index < -0.39 is 0 Å². The predicted molar refractivity (Wildman–Crippen MR) is 88.0 cm³/mol. The maximum Gasteiger partial charge on any atom is 0.305 e. The molecule has 19 heavy (non-hydrogen) atoms. The zero-order chi connectivity index (χ0) is 13.5. The predicted octanol–water partition coefficient (Wildman–Crippen LogP) is 5.83. The lowest BCUT2D eigenvalue weighted by molar-refractivity contribution is -0.143. The third kappa shape index (κ3) is 17.9. The lowest BCUT2D eigenvalue weighted by atomic mass is 10.1. The van der Waals surface area contributed by atoms with Gasteiger partial charge in [0.25, 0.3) is 0 Å². The van der Waals surface area contributed by atoms with Gasteiger partial charge in [-0.1, -0.05) is 71.1 Å². The highest BCUT2D eigenvalue weighted by molar-refractivity contribution is 8.93. The quantitative estimate of drug-likeness (QED) is 0.312. The molecule has 0 saturated carbocycles. The van der Waals surface area contributed by atoms with E-state index in [-0.39, 0.29) is 23.0 Å². The largest absolute Gasteiger partial charge is 0.466 e. The molecule has 0 atom stereocenters. The molecule has 0 aromatic rings. The number of hydrogen-bond donors (Lipinski definition) is 0. The van der Waals surface area contributed by atoms with Crippen LogP contribution in [0, 0.1) is 0 Å². The van der Waals surface area contributed by atoms with Gasteiger partial charge in [0.2, 0.25) is 0 Å². The Balaban J connectivity index is 0. The van der Waals surface area contributed by atoms with Crippen LogP contribution in [0.1, 0.15) is 90.9 Å². The summed E-state index contributed by atoms with van der Waals surface area (Å²) in [5, 5.41) is 0. The molecule has 0 N–H and O–H groups in total. The van der Waals surface area contributed by atoms with E-state index >= 15 is 0 Å². The molecule has 0 radical (unpaired) electrons. The van der Waals surface area contributed by atoms with E-state index in [9.17, 15) is 4.79 Å². The summed E-state index contributed by atoms with van der Waals surface area (Å²) in [5.74, 6) is -0.0339. The van der Waals surface area contributed by atoms with Crippen molar-refractivity contribution in [2.24, 2.45) is 0 Å². The van der Waals surface area contributed by atoms with Gasteiger partial charge in [0, 0.05) is 6.42 Å². The molecular formula is C16H33BrO2. The number of esters is 1. The summed E-state index contributed by atoms with van der Waals surface area (Å²) in [5.41, 5.74) is 0. The topological polar surface area (TPSA) is 26.3 Å². The lowest BCUT2D eigenvalue weighted by Crippen LogP contribution is -2.03. The van der Waals surface area contributed by atoms with Gasteiger partial charge in [-0.3, -0.25) is 4.79 Å². The van der Waals surface area contributed by atoms with Crippen LogP contribution in [-0.2, 0) is 9.53 Å². The normalized spacial score (nSPS) is 10.0. The van der Waals surface area contributed by atoms with Gasteiger partial charge in [-0.2, -0.15) is 0 Å². The summed E-state index contributed by atoms with van der Waals surface area (Å²) >= 11 is 0. The van der Waals surface area contributed by atoms with Crippen molar-refractivity contribution >= 4 is 23.0 Å². The van der Waals surface area contributed by atoms with Crippen molar-refractivity contribution in [3.8, 4) is 0 Å². The van der Waals surface area contributed by atoms with Crippen LogP contribution in [0.3, 0.4) is 0 Å². The van der Waals surface area contributed by atoms with Gasteiger partial charge in [0.1, 0.15) is 0 Å². The van der Waals surface area contributed by atoms with Crippen molar-refractivity contribution in [1.82, 2.24) is 0 Å². The van der Waals surface area contributed by atoms with Crippen molar-refractivity contribution in [1.29, 1.82) is 0 Å². The first-order chi connectivity index (χ1) is 8.81. The molecule has 0 heterocycles. The highest BCUT2D eigenvalue weighted by Gasteiger charge is 2.00. The van der Waals surface area contributed by atoms with Crippen molar-refractivity contribution in [3.63, 3.8) is 0 Å². The molecule has 0 aliphatic rings. The fourth-order valence-electron chi connectivity index (χ4n) is 2.17. The van der Waals surface area contributed by atoms with Crippen LogP contribution < -0.4 is 0 Å². The van der Waals surface area contributed by atoms with E-state index in [1.807, 2.05) is 6.92 Å². The number of halogens is 1. The minimum absolute atomic E-state index is 0. The Kier molecular flexibility index (Phi) is 20.1. The van der Waals surface area contributed by atoms with Crippen molar-refractivity contribution < 1.29 is 9.53 Å². The Morgan fingerprint density at radius 1 is 0.737 bits per heavy atom. The molecule has 0 saturated heterocycles. The summed E-state index contributed by atoms with van der Waals surface area (Å²) < 4.78 is 4.89. The van der Waals surface area contributed by atoms with Crippen LogP contribution >= 0.6 is 17.0 Å². The summed E-state index contributed by atoms with van der Waals surface area (Å²) in [4.78, 5) is 11.1. The molecule has 0 fully saturated rings. The molecule has 2 nitrogen and oxygen atoms in total. The van der Waals surface area contributed by atoms with Crippen molar-refractivity contribution in [3.05, 3.63) is 0 Å². The SMILES string of the molecule is Br.CCCCCCCCCCCCCC(=O)OCC. The molecule has 3 heteroatoms. The monoisotopic (exact) mass is 336 g/mol. The zero-order valence-corrected chi connectivity index (χ0v) is 14.6. The fourth-order valence-corrected chi connectivity index (χ4v) is 2.17. The first-order valence-electron chi connectivity index (χ1n) is 7.96. The van der Waals surface area contributed by atoms with Gasteiger partial charge in [0.05, 0.1) is 6.61 Å². The summed E-state index contributed by atoms with van der Waals surface area (Å²) in [6.07, 6.45) is 15.1. The summed E-state index contributed by atoms with van der Waals surface area (Å²) in [6, 6.07) is 0. The second-order valence-electron chi connectivity index (χ2n) is 5.09. The summed E-state index contributed by atoms with van der Waals surface area (Å²) in [6.45, 7) is 4.63. The number of unbranched alkanes of at least 4 members (excludes halogenated alkanes) is 10. The third-order valence-electron chi connectivity index (χ3n) is 3.29. The Morgan fingerprint density at radius 2 is 1.16 bits per heavy atom. The van der Waals surface area contributed by atoms with Crippen LogP contribution in [-0.4, -0.2) is 12.6 Å². The van der Waals surface area contributed by atoms with Gasteiger partial charge in [-0.15, -0.1) is 17.0 Å². The third-order valence-corrected chi connectivity index (χ3v) is 3.29. The van der Waals surface area contributed by atoms with Gasteiger partial charge in [-0.25, -0.2) is 0 Å². The maximum atomic E-state index is 11.1. The molecule has 0 aromatic carbocycles. The van der Waals surface area contributed by atoms with Gasteiger partial charge >= 0.3 is 5.97 Å². The second kappa shape index (κ2) is 17.9. The van der Waals surface area contributed by atoms with Crippen LogP contribution in [0.5, 0.6) is 0 Å². The molecule has 0 amide bonds. The Labute approximate surface area is 130 Å². The van der Waals surface area contributed by atoms with Crippen LogP contribution in [0.25, 0.3) is 0 Å². The van der Waals surface area contributed by atoms with Gasteiger partial charge in [0.15, 0.2) is 0 Å². The molecular weight excluding hydrogens is 304 g/mol. The minimum atomic E-state index is -0.0339. The zero-order valence-electron chi connectivity index (χ0n) is 12.9. The number of carbonyl (C=O) groups excluding carboxylic acids is 1. The highest BCUT2D eigenvalue weighted by Crippen LogP contribution is 2.11. The maximum absolute atomic E-state index is 11.1.